The number of hydrogen-bond acceptors (Lipinski definition) is 6. The van der Waals surface area contributed by atoms with E-state index in [0.29, 0.717) is 54.3 Å². The molecular formula is C40H44N2O5. The molecule has 0 bridgehead atoms. The van der Waals surface area contributed by atoms with Crippen LogP contribution < -0.4 is 14.8 Å². The van der Waals surface area contributed by atoms with Crippen molar-refractivity contribution in [2.24, 2.45) is 10.8 Å². The van der Waals surface area contributed by atoms with E-state index in [2.05, 4.69) is 50.0 Å². The van der Waals surface area contributed by atoms with Gasteiger partial charge in [0.1, 0.15) is 0 Å². The number of nitrogens with one attached hydrogen (secondary N) is 1. The quantitative estimate of drug-likeness (QED) is 0.257. The van der Waals surface area contributed by atoms with Gasteiger partial charge in [-0.1, -0.05) is 82.3 Å². The van der Waals surface area contributed by atoms with Gasteiger partial charge in [-0.2, -0.15) is 0 Å². The van der Waals surface area contributed by atoms with Crippen LogP contribution in [0.3, 0.4) is 0 Å². The maximum Gasteiger partial charge on any atom is 0.262 e. The van der Waals surface area contributed by atoms with Gasteiger partial charge in [-0.05, 0) is 66.0 Å². The first kappa shape index (κ1) is 32.3. The molecule has 3 aromatic carbocycles. The van der Waals surface area contributed by atoms with Crippen LogP contribution in [0.4, 0.5) is 5.69 Å². The average molecular weight is 633 g/mol. The highest BCUT2D eigenvalue weighted by Crippen LogP contribution is 2.55. The van der Waals surface area contributed by atoms with Gasteiger partial charge in [0, 0.05) is 53.5 Å². The van der Waals surface area contributed by atoms with Crippen molar-refractivity contribution < 1.29 is 23.9 Å². The number of carbonyl (C=O) groups excluding carboxylic acids is 3. The largest absolute Gasteiger partial charge is 0.490 e. The number of amides is 1. The van der Waals surface area contributed by atoms with Gasteiger partial charge < -0.3 is 19.7 Å². The van der Waals surface area contributed by atoms with Crippen LogP contribution in [0.1, 0.15) is 77.3 Å². The van der Waals surface area contributed by atoms with Crippen molar-refractivity contribution in [2.75, 3.05) is 18.5 Å². The molecule has 0 saturated heterocycles. The SMILES string of the molecule is CCOc1cc(C2C3=C(CC(C)(C)CC3=O)N(Cc3ccccc3)C3=C2C(=O)CC(C)(C)C3)ccc1OCC(=O)Nc1ccccc1. The number of allylic oxidation sites excluding steroid dienone is 4. The lowest BCUT2D eigenvalue weighted by Crippen LogP contribution is -2.44. The predicted molar refractivity (Wildman–Crippen MR) is 183 cm³/mol. The molecule has 3 aliphatic rings. The summed E-state index contributed by atoms with van der Waals surface area (Å²) in [7, 11) is 0. The van der Waals surface area contributed by atoms with Gasteiger partial charge >= 0.3 is 0 Å². The fraction of sp³-hybridized carbons (Fsp3) is 0.375. The van der Waals surface area contributed by atoms with E-state index in [1.165, 1.54) is 0 Å². The molecule has 1 N–H and O–H groups in total. The Bertz CT molecular complexity index is 1700. The van der Waals surface area contributed by atoms with Gasteiger partial charge in [0.25, 0.3) is 5.91 Å². The van der Waals surface area contributed by atoms with Crippen LogP contribution >= 0.6 is 0 Å². The summed E-state index contributed by atoms with van der Waals surface area (Å²) in [6.07, 6.45) is 2.30. The van der Waals surface area contributed by atoms with E-state index in [4.69, 9.17) is 9.47 Å². The highest BCUT2D eigenvalue weighted by molar-refractivity contribution is 6.07. The van der Waals surface area contributed by atoms with Crippen LogP contribution in [0.15, 0.2) is 101 Å². The van der Waals surface area contributed by atoms with Crippen molar-refractivity contribution in [1.29, 1.82) is 0 Å². The predicted octanol–water partition coefficient (Wildman–Crippen LogP) is 7.99. The van der Waals surface area contributed by atoms with Gasteiger partial charge in [-0.3, -0.25) is 14.4 Å². The molecule has 244 valence electrons. The van der Waals surface area contributed by atoms with Crippen LogP contribution in [0, 0.1) is 10.8 Å². The van der Waals surface area contributed by atoms with Crippen molar-refractivity contribution in [3.05, 3.63) is 113 Å². The summed E-state index contributed by atoms with van der Waals surface area (Å²) in [5.74, 6) is 0.271. The molecule has 0 spiro atoms. The van der Waals surface area contributed by atoms with Crippen molar-refractivity contribution >= 4 is 23.2 Å². The molecule has 1 aliphatic heterocycles. The number of benzene rings is 3. The van der Waals surface area contributed by atoms with Gasteiger partial charge in [0.05, 0.1) is 6.61 Å². The van der Waals surface area contributed by atoms with Crippen LogP contribution in [0.2, 0.25) is 0 Å². The Balaban J connectivity index is 1.42. The van der Waals surface area contributed by atoms with Gasteiger partial charge in [-0.25, -0.2) is 0 Å². The van der Waals surface area contributed by atoms with Gasteiger partial charge in [0.15, 0.2) is 29.7 Å². The second kappa shape index (κ2) is 12.9. The standard InChI is InChI=1S/C40H44N2O5/c1-6-46-34-19-27(17-18-33(34)47-25-35(45)41-28-15-11-8-12-16-28)36-37-29(20-39(2,3)22-31(37)43)42(24-26-13-9-7-10-14-26)30-21-40(4,5)23-32(44)38(30)36/h7-19,36H,6,20-25H2,1-5H3,(H,41,45). The summed E-state index contributed by atoms with van der Waals surface area (Å²) >= 11 is 0. The molecule has 1 heterocycles. The van der Waals surface area contributed by atoms with Crippen molar-refractivity contribution in [3.8, 4) is 11.5 Å². The normalized spacial score (nSPS) is 18.9. The van der Waals surface area contributed by atoms with E-state index in [1.807, 2.05) is 67.6 Å². The number of ether oxygens (including phenoxy) is 2. The minimum Gasteiger partial charge on any atom is -0.490 e. The highest BCUT2D eigenvalue weighted by Gasteiger charge is 2.49. The fourth-order valence-electron chi connectivity index (χ4n) is 7.29. The Morgan fingerprint density at radius 2 is 1.34 bits per heavy atom. The Labute approximate surface area is 277 Å². The first-order valence-corrected chi connectivity index (χ1v) is 16.5. The molecule has 0 radical (unpaired) electrons. The lowest BCUT2D eigenvalue weighted by molar-refractivity contribution is -0.120. The van der Waals surface area contributed by atoms with E-state index in [1.54, 1.807) is 6.07 Å². The molecule has 0 aromatic heterocycles. The van der Waals surface area contributed by atoms with Crippen LogP contribution in [-0.2, 0) is 20.9 Å². The summed E-state index contributed by atoms with van der Waals surface area (Å²) in [6.45, 7) is 11.3. The van der Waals surface area contributed by atoms with E-state index >= 15 is 0 Å². The molecule has 0 atom stereocenters. The molecule has 7 nitrogen and oxygen atoms in total. The molecule has 0 unspecified atom stereocenters. The van der Waals surface area contributed by atoms with E-state index in [0.717, 1.165) is 35.4 Å². The molecule has 0 fully saturated rings. The molecule has 0 saturated carbocycles. The molecule has 2 aliphatic carbocycles. The molecule has 7 heteroatoms. The summed E-state index contributed by atoms with van der Waals surface area (Å²) in [5.41, 5.74) is 5.67. The molecular weight excluding hydrogens is 588 g/mol. The zero-order valence-corrected chi connectivity index (χ0v) is 28.0. The maximum absolute atomic E-state index is 14.2. The van der Waals surface area contributed by atoms with Crippen LogP contribution in [0.25, 0.3) is 0 Å². The van der Waals surface area contributed by atoms with Crippen LogP contribution in [-0.4, -0.2) is 35.6 Å². The number of hydrogen-bond donors (Lipinski definition) is 1. The Morgan fingerprint density at radius 1 is 0.766 bits per heavy atom. The molecule has 1 amide bonds. The Kier molecular flexibility index (Phi) is 8.84. The number of carbonyl (C=O) groups is 3. The second-order valence-electron chi connectivity index (χ2n) is 14.4. The van der Waals surface area contributed by atoms with Gasteiger partial charge in [-0.15, -0.1) is 0 Å². The summed E-state index contributed by atoms with van der Waals surface area (Å²) < 4.78 is 12.0. The summed E-state index contributed by atoms with van der Waals surface area (Å²) in [4.78, 5) is 43.4. The monoisotopic (exact) mass is 632 g/mol. The Morgan fingerprint density at radius 3 is 1.91 bits per heavy atom. The number of ketones is 2. The molecule has 6 rings (SSSR count). The van der Waals surface area contributed by atoms with E-state index < -0.39 is 5.92 Å². The molecule has 47 heavy (non-hydrogen) atoms. The molecule has 3 aromatic rings. The van der Waals surface area contributed by atoms with Crippen molar-refractivity contribution in [2.45, 2.75) is 72.8 Å². The highest BCUT2D eigenvalue weighted by atomic mass is 16.5. The second-order valence-corrected chi connectivity index (χ2v) is 14.4. The number of Topliss-reactive ketones (excluding diaryl/α,β-unsaturated/α-hetero) is 2. The number of para-hydroxylation sites is 1. The average Bonchev–Trinajstić information content (AvgIpc) is 3.01. The fourth-order valence-corrected chi connectivity index (χ4v) is 7.29. The van der Waals surface area contributed by atoms with Crippen LogP contribution in [0.5, 0.6) is 11.5 Å². The van der Waals surface area contributed by atoms with E-state index in [9.17, 15) is 14.4 Å². The van der Waals surface area contributed by atoms with Crippen molar-refractivity contribution in [1.82, 2.24) is 4.90 Å². The topological polar surface area (TPSA) is 84.9 Å². The minimum absolute atomic E-state index is 0.0827. The third kappa shape index (κ3) is 6.90. The van der Waals surface area contributed by atoms with Crippen molar-refractivity contribution in [3.63, 3.8) is 0 Å². The number of rotatable bonds is 9. The number of nitrogens with zero attached hydrogens (tertiary/aromatic N) is 1. The minimum atomic E-state index is -0.506. The van der Waals surface area contributed by atoms with Gasteiger partial charge in [0.2, 0.25) is 0 Å². The summed E-state index contributed by atoms with van der Waals surface area (Å²) in [6, 6.07) is 25.1. The third-order valence-electron chi connectivity index (χ3n) is 9.22. The summed E-state index contributed by atoms with van der Waals surface area (Å²) in [5, 5.41) is 2.84. The smallest absolute Gasteiger partial charge is 0.262 e. The number of anilines is 1. The van der Waals surface area contributed by atoms with E-state index in [-0.39, 0.29) is 34.9 Å². The Hall–Kier alpha value is -4.65. The zero-order chi connectivity index (χ0) is 33.3. The lowest BCUT2D eigenvalue weighted by atomic mass is 9.63. The maximum atomic E-state index is 14.2. The first-order valence-electron chi connectivity index (χ1n) is 16.5. The lowest BCUT2D eigenvalue weighted by Gasteiger charge is -2.49. The third-order valence-corrected chi connectivity index (χ3v) is 9.22. The first-order chi connectivity index (χ1) is 22.4. The zero-order valence-electron chi connectivity index (χ0n) is 28.0.